The highest BCUT2D eigenvalue weighted by molar-refractivity contribution is 7.80. The van der Waals surface area contributed by atoms with E-state index in [0.29, 0.717) is 27.4 Å². The summed E-state index contributed by atoms with van der Waals surface area (Å²) in [5.41, 5.74) is 5.49. The number of amides is 2. The molecule has 0 radical (unpaired) electrons. The summed E-state index contributed by atoms with van der Waals surface area (Å²) >= 11 is 11.6. The van der Waals surface area contributed by atoms with Gasteiger partial charge < -0.3 is 9.30 Å². The predicted octanol–water partition coefficient (Wildman–Crippen LogP) is 4.98. The third-order valence-electron chi connectivity index (χ3n) is 6.30. The Morgan fingerprint density at radius 3 is 2.39 bits per heavy atom. The molecule has 0 spiro atoms. The summed E-state index contributed by atoms with van der Waals surface area (Å²) < 4.78 is 6.88. The first-order valence-corrected chi connectivity index (χ1v) is 11.9. The molecule has 0 atom stereocenters. The van der Waals surface area contributed by atoms with Crippen molar-refractivity contribution in [1.82, 2.24) is 9.88 Å². The summed E-state index contributed by atoms with van der Waals surface area (Å²) in [6.45, 7) is 7.44. The lowest BCUT2D eigenvalue weighted by Gasteiger charge is -2.30. The second kappa shape index (κ2) is 9.72. The van der Waals surface area contributed by atoms with Gasteiger partial charge in [-0.25, -0.2) is 4.79 Å². The van der Waals surface area contributed by atoms with Crippen LogP contribution in [0.1, 0.15) is 38.4 Å². The number of aromatic nitrogens is 1. The number of ether oxygens (including phenoxy) is 1. The number of esters is 1. The lowest BCUT2D eigenvalue weighted by atomic mass is 10.1. The van der Waals surface area contributed by atoms with Gasteiger partial charge in [-0.05, 0) is 93.0 Å². The van der Waals surface area contributed by atoms with Crippen molar-refractivity contribution in [3.8, 4) is 5.69 Å². The molecule has 0 unspecified atom stereocenters. The molecule has 1 N–H and O–H groups in total. The van der Waals surface area contributed by atoms with Gasteiger partial charge in [-0.15, -0.1) is 0 Å². The lowest BCUT2D eigenvalue weighted by molar-refractivity contribution is -0.122. The Hall–Kier alpha value is -3.75. The van der Waals surface area contributed by atoms with E-state index in [2.05, 4.69) is 5.32 Å². The van der Waals surface area contributed by atoms with Crippen molar-refractivity contribution in [2.45, 2.75) is 27.7 Å². The molecule has 2 aromatic carbocycles. The highest BCUT2D eigenvalue weighted by Gasteiger charge is 2.35. The Balaban J connectivity index is 1.81. The quantitative estimate of drug-likeness (QED) is 0.227. The van der Waals surface area contributed by atoms with Gasteiger partial charge >= 0.3 is 5.97 Å². The average Bonchev–Trinajstić information content (AvgIpc) is 3.11. The third-order valence-corrected chi connectivity index (χ3v) is 7.00. The fourth-order valence-electron chi connectivity index (χ4n) is 4.37. The number of nitrogens with one attached hydrogen (secondary N) is 1. The molecule has 9 heteroatoms. The van der Waals surface area contributed by atoms with Crippen molar-refractivity contribution in [2.24, 2.45) is 0 Å². The molecule has 0 aliphatic carbocycles. The summed E-state index contributed by atoms with van der Waals surface area (Å²) in [7, 11) is 1.34. The van der Waals surface area contributed by atoms with Crippen molar-refractivity contribution in [3.63, 3.8) is 0 Å². The number of benzene rings is 2. The first kappa shape index (κ1) is 25.3. The molecule has 0 saturated carbocycles. The maximum absolute atomic E-state index is 13.5. The van der Waals surface area contributed by atoms with Crippen LogP contribution in [-0.4, -0.2) is 34.6 Å². The van der Waals surface area contributed by atoms with E-state index in [1.807, 2.05) is 37.5 Å². The van der Waals surface area contributed by atoms with Crippen LogP contribution in [0.3, 0.4) is 0 Å². The van der Waals surface area contributed by atoms with Crippen LogP contribution < -0.4 is 10.2 Å². The van der Waals surface area contributed by atoms with Crippen molar-refractivity contribution in [1.29, 1.82) is 0 Å². The Kier molecular flexibility index (Phi) is 6.84. The third kappa shape index (κ3) is 4.23. The van der Waals surface area contributed by atoms with E-state index in [1.54, 1.807) is 43.3 Å². The number of thiocarbonyl (C=S) groups is 1. The van der Waals surface area contributed by atoms with Crippen molar-refractivity contribution >= 4 is 58.5 Å². The zero-order valence-corrected chi connectivity index (χ0v) is 22.0. The Morgan fingerprint density at radius 1 is 1.03 bits per heavy atom. The van der Waals surface area contributed by atoms with Crippen LogP contribution in [0.25, 0.3) is 11.8 Å². The number of carbonyl (C=O) groups excluding carboxylic acids is 3. The molecule has 2 heterocycles. The molecule has 36 heavy (non-hydrogen) atoms. The maximum atomic E-state index is 13.5. The van der Waals surface area contributed by atoms with Gasteiger partial charge in [0, 0.05) is 22.1 Å². The summed E-state index contributed by atoms with van der Waals surface area (Å²) in [6.07, 6.45) is 1.56. The summed E-state index contributed by atoms with van der Waals surface area (Å²) in [5.74, 6) is -1.53. The number of aryl methyl sites for hydroxylation is 1. The van der Waals surface area contributed by atoms with Gasteiger partial charge in [0.15, 0.2) is 5.11 Å². The number of nitrogens with zero attached hydrogens (tertiary/aromatic N) is 2. The smallest absolute Gasteiger partial charge is 0.338 e. The van der Waals surface area contributed by atoms with Gasteiger partial charge in [0.05, 0.1) is 18.4 Å². The number of hydrogen-bond donors (Lipinski definition) is 1. The van der Waals surface area contributed by atoms with Crippen LogP contribution in [0.5, 0.6) is 0 Å². The highest BCUT2D eigenvalue weighted by Crippen LogP contribution is 2.31. The van der Waals surface area contributed by atoms with Crippen LogP contribution in [-0.2, 0) is 14.3 Å². The lowest BCUT2D eigenvalue weighted by Crippen LogP contribution is -2.54. The fourth-order valence-corrected chi connectivity index (χ4v) is 4.81. The van der Waals surface area contributed by atoms with Gasteiger partial charge in [-0.3, -0.25) is 19.8 Å². The van der Waals surface area contributed by atoms with E-state index in [9.17, 15) is 14.4 Å². The van der Waals surface area contributed by atoms with Gasteiger partial charge in [0.1, 0.15) is 5.57 Å². The predicted molar refractivity (Wildman–Crippen MR) is 144 cm³/mol. The highest BCUT2D eigenvalue weighted by atomic mass is 35.5. The van der Waals surface area contributed by atoms with E-state index < -0.39 is 17.8 Å². The molecule has 1 aromatic heterocycles. The average molecular weight is 522 g/mol. The first-order chi connectivity index (χ1) is 17.1. The summed E-state index contributed by atoms with van der Waals surface area (Å²) in [4.78, 5) is 39.8. The summed E-state index contributed by atoms with van der Waals surface area (Å²) in [6, 6.07) is 12.5. The standard InChI is InChI=1S/C27H24ClN3O4S/c1-14-12-18(17(4)30(14)22-10-6-8-19(15(22)2)26(34)35-5)13-20-24(32)29-27(36)31(25(20)33)23-11-7-9-21(28)16(23)3/h6-13H,1-5H3,(H,29,32,36)/b20-13+. The molecular weight excluding hydrogens is 498 g/mol. The number of methoxy groups -OCH3 is 1. The minimum atomic E-state index is -0.574. The van der Waals surface area contributed by atoms with E-state index in [-0.39, 0.29) is 10.7 Å². The second-order valence-corrected chi connectivity index (χ2v) is 9.24. The minimum Gasteiger partial charge on any atom is -0.465 e. The van der Waals surface area contributed by atoms with E-state index in [1.165, 1.54) is 12.0 Å². The molecular formula is C27H24ClN3O4S. The summed E-state index contributed by atoms with van der Waals surface area (Å²) in [5, 5.41) is 3.09. The number of anilines is 1. The molecule has 3 aromatic rings. The molecule has 7 nitrogen and oxygen atoms in total. The van der Waals surface area contributed by atoms with Crippen LogP contribution in [0, 0.1) is 27.7 Å². The van der Waals surface area contributed by atoms with Crippen molar-refractivity contribution in [2.75, 3.05) is 12.0 Å². The number of halogens is 1. The normalized spacial score (nSPS) is 14.9. The van der Waals surface area contributed by atoms with Crippen LogP contribution in [0.4, 0.5) is 5.69 Å². The van der Waals surface area contributed by atoms with Gasteiger partial charge in [0.2, 0.25) is 0 Å². The molecule has 1 aliphatic rings. The number of rotatable bonds is 4. The second-order valence-electron chi connectivity index (χ2n) is 8.44. The number of hydrogen-bond acceptors (Lipinski definition) is 5. The molecule has 1 saturated heterocycles. The Morgan fingerprint density at radius 2 is 1.69 bits per heavy atom. The van der Waals surface area contributed by atoms with Gasteiger partial charge in [-0.1, -0.05) is 23.7 Å². The maximum Gasteiger partial charge on any atom is 0.338 e. The monoisotopic (exact) mass is 521 g/mol. The topological polar surface area (TPSA) is 80.6 Å². The van der Waals surface area contributed by atoms with Crippen LogP contribution >= 0.6 is 23.8 Å². The first-order valence-electron chi connectivity index (χ1n) is 11.1. The number of carbonyl (C=O) groups is 3. The van der Waals surface area contributed by atoms with E-state index in [0.717, 1.165) is 22.6 Å². The van der Waals surface area contributed by atoms with Crippen LogP contribution in [0.2, 0.25) is 5.02 Å². The fraction of sp³-hybridized carbons (Fsp3) is 0.185. The van der Waals surface area contributed by atoms with E-state index >= 15 is 0 Å². The molecule has 184 valence electrons. The molecule has 1 fully saturated rings. The minimum absolute atomic E-state index is 0.00626. The van der Waals surface area contributed by atoms with Crippen molar-refractivity contribution < 1.29 is 19.1 Å². The Labute approximate surface area is 219 Å². The SMILES string of the molecule is COC(=O)c1cccc(-n2c(C)cc(/C=C3\C(=O)NC(=S)N(c4cccc(Cl)c4C)C3=O)c2C)c1C. The zero-order valence-electron chi connectivity index (χ0n) is 20.4. The van der Waals surface area contributed by atoms with Crippen LogP contribution in [0.15, 0.2) is 48.0 Å². The van der Waals surface area contributed by atoms with Gasteiger partial charge in [0.25, 0.3) is 11.8 Å². The molecule has 1 aliphatic heterocycles. The van der Waals surface area contributed by atoms with Crippen molar-refractivity contribution in [3.05, 3.63) is 86.7 Å². The van der Waals surface area contributed by atoms with E-state index in [4.69, 9.17) is 28.6 Å². The molecule has 0 bridgehead atoms. The molecule has 2 amide bonds. The zero-order chi connectivity index (χ0) is 26.3. The van der Waals surface area contributed by atoms with Gasteiger partial charge in [-0.2, -0.15) is 0 Å². The molecule has 4 rings (SSSR count). The Bertz CT molecular complexity index is 1490. The largest absolute Gasteiger partial charge is 0.465 e.